The number of aromatic nitrogens is 2. The number of anilines is 1. The zero-order chi connectivity index (χ0) is 12.3. The van der Waals surface area contributed by atoms with Crippen LogP contribution in [0.25, 0.3) is 0 Å². The number of hydrogen-bond acceptors (Lipinski definition) is 2. The Labute approximate surface area is 115 Å². The van der Waals surface area contributed by atoms with Gasteiger partial charge >= 0.3 is 0 Å². The van der Waals surface area contributed by atoms with Gasteiger partial charge in [0.2, 0.25) is 0 Å². The summed E-state index contributed by atoms with van der Waals surface area (Å²) < 4.78 is 3.21. The maximum atomic E-state index is 4.50. The van der Waals surface area contributed by atoms with Gasteiger partial charge in [-0.15, -0.1) is 0 Å². The van der Waals surface area contributed by atoms with Crippen LogP contribution in [0.15, 0.2) is 36.5 Å². The van der Waals surface area contributed by atoms with Crippen molar-refractivity contribution in [3.63, 3.8) is 0 Å². The van der Waals surface area contributed by atoms with Gasteiger partial charge in [-0.3, -0.25) is 4.68 Å². The predicted octanol–water partition coefficient (Wildman–Crippen LogP) is 3.68. The minimum absolute atomic E-state index is 0.418. The second-order valence-corrected chi connectivity index (χ2v) is 5.49. The molecule has 90 valence electrons. The highest BCUT2D eigenvalue weighted by Gasteiger charge is 2.01. The molecule has 0 saturated heterocycles. The second-order valence-electron chi connectivity index (χ2n) is 4.24. The molecule has 0 fully saturated rings. The molecule has 3 nitrogen and oxygen atoms in total. The lowest BCUT2D eigenvalue weighted by Crippen LogP contribution is -2.04. The molecule has 17 heavy (non-hydrogen) atoms. The average Bonchev–Trinajstić information content (AvgIpc) is 2.75. The number of benzene rings is 1. The summed E-state index contributed by atoms with van der Waals surface area (Å²) >= 11 is 2.31. The molecule has 0 spiro atoms. The summed E-state index contributed by atoms with van der Waals surface area (Å²) in [5.74, 6) is 0. The van der Waals surface area contributed by atoms with Crippen LogP contribution in [0.1, 0.15) is 25.6 Å². The van der Waals surface area contributed by atoms with Crippen LogP contribution < -0.4 is 5.32 Å². The van der Waals surface area contributed by atoms with Gasteiger partial charge in [0.05, 0.1) is 12.2 Å². The smallest absolute Gasteiger partial charge is 0.0815 e. The van der Waals surface area contributed by atoms with E-state index in [1.165, 1.54) is 3.57 Å². The molecule has 0 aliphatic carbocycles. The van der Waals surface area contributed by atoms with Crippen LogP contribution in [0.3, 0.4) is 0 Å². The van der Waals surface area contributed by atoms with E-state index in [4.69, 9.17) is 0 Å². The molecule has 2 rings (SSSR count). The highest BCUT2D eigenvalue weighted by molar-refractivity contribution is 14.1. The summed E-state index contributed by atoms with van der Waals surface area (Å²) in [6.07, 6.45) is 2.02. The minimum atomic E-state index is 0.418. The van der Waals surface area contributed by atoms with Crippen LogP contribution in [-0.2, 0) is 6.54 Å². The molecule has 1 N–H and O–H groups in total. The molecule has 4 heteroatoms. The standard InChI is InChI=1S/C13H16IN3/c1-10(2)17-7-6-13(16-17)9-15-12-5-3-4-11(14)8-12/h3-8,10,15H,9H2,1-2H3. The van der Waals surface area contributed by atoms with Gasteiger partial charge in [-0.1, -0.05) is 6.07 Å². The molecule has 0 saturated carbocycles. The van der Waals surface area contributed by atoms with Crippen molar-refractivity contribution in [3.8, 4) is 0 Å². The number of rotatable bonds is 4. The van der Waals surface area contributed by atoms with Gasteiger partial charge in [-0.2, -0.15) is 5.10 Å². The fourth-order valence-electron chi connectivity index (χ4n) is 1.55. The van der Waals surface area contributed by atoms with Gasteiger partial charge in [0.15, 0.2) is 0 Å². The second kappa shape index (κ2) is 5.53. The summed E-state index contributed by atoms with van der Waals surface area (Å²) in [7, 11) is 0. The lowest BCUT2D eigenvalue weighted by atomic mass is 10.3. The lowest BCUT2D eigenvalue weighted by molar-refractivity contribution is 0.527. The Morgan fingerprint density at radius 3 is 2.82 bits per heavy atom. The van der Waals surface area contributed by atoms with Crippen LogP contribution in [0.2, 0.25) is 0 Å². The van der Waals surface area contributed by atoms with E-state index in [-0.39, 0.29) is 0 Å². The zero-order valence-corrected chi connectivity index (χ0v) is 12.2. The Morgan fingerprint density at radius 1 is 1.35 bits per heavy atom. The molecular formula is C13H16IN3. The first-order chi connectivity index (χ1) is 8.15. The van der Waals surface area contributed by atoms with Crippen molar-refractivity contribution in [1.29, 1.82) is 0 Å². The van der Waals surface area contributed by atoms with Gasteiger partial charge in [0.25, 0.3) is 0 Å². The fourth-order valence-corrected chi connectivity index (χ4v) is 2.09. The Balaban J connectivity index is 1.97. The Hall–Kier alpha value is -1.04. The minimum Gasteiger partial charge on any atom is -0.379 e. The van der Waals surface area contributed by atoms with Gasteiger partial charge in [-0.05, 0) is 60.7 Å². The molecule has 1 heterocycles. The molecule has 1 aromatic carbocycles. The summed E-state index contributed by atoms with van der Waals surface area (Å²) in [4.78, 5) is 0. The molecule has 0 amide bonds. The molecule has 2 aromatic rings. The third kappa shape index (κ3) is 3.46. The number of halogens is 1. The van der Waals surface area contributed by atoms with Crippen molar-refractivity contribution in [1.82, 2.24) is 9.78 Å². The van der Waals surface area contributed by atoms with Crippen molar-refractivity contribution >= 4 is 28.3 Å². The average molecular weight is 341 g/mol. The molecule has 0 aliphatic rings. The van der Waals surface area contributed by atoms with Crippen LogP contribution in [0.4, 0.5) is 5.69 Å². The molecule has 0 aliphatic heterocycles. The van der Waals surface area contributed by atoms with Crippen LogP contribution in [0, 0.1) is 3.57 Å². The Kier molecular flexibility index (Phi) is 4.04. The van der Waals surface area contributed by atoms with E-state index in [1.54, 1.807) is 0 Å². The van der Waals surface area contributed by atoms with E-state index in [0.717, 1.165) is 17.9 Å². The zero-order valence-electron chi connectivity index (χ0n) is 10.0. The molecular weight excluding hydrogens is 325 g/mol. The molecule has 0 unspecified atom stereocenters. The van der Waals surface area contributed by atoms with E-state index >= 15 is 0 Å². The monoisotopic (exact) mass is 341 g/mol. The van der Waals surface area contributed by atoms with Crippen molar-refractivity contribution in [3.05, 3.63) is 45.8 Å². The topological polar surface area (TPSA) is 29.9 Å². The first-order valence-corrected chi connectivity index (χ1v) is 6.76. The van der Waals surface area contributed by atoms with Crippen LogP contribution in [0.5, 0.6) is 0 Å². The molecule has 1 aromatic heterocycles. The highest BCUT2D eigenvalue weighted by atomic mass is 127. The number of hydrogen-bond donors (Lipinski definition) is 1. The normalized spacial score (nSPS) is 10.8. The van der Waals surface area contributed by atoms with Crippen molar-refractivity contribution in [2.24, 2.45) is 0 Å². The fraction of sp³-hybridized carbons (Fsp3) is 0.308. The largest absolute Gasteiger partial charge is 0.379 e. The summed E-state index contributed by atoms with van der Waals surface area (Å²) in [6.45, 7) is 5.02. The Bertz CT molecular complexity index is 491. The maximum Gasteiger partial charge on any atom is 0.0815 e. The van der Waals surface area contributed by atoms with E-state index in [1.807, 2.05) is 10.9 Å². The van der Waals surface area contributed by atoms with E-state index in [9.17, 15) is 0 Å². The first kappa shape index (κ1) is 12.4. The molecule has 0 radical (unpaired) electrons. The summed E-state index contributed by atoms with van der Waals surface area (Å²) in [5, 5.41) is 7.87. The van der Waals surface area contributed by atoms with E-state index in [0.29, 0.717) is 6.04 Å². The number of nitrogens with zero attached hydrogens (tertiary/aromatic N) is 2. The van der Waals surface area contributed by atoms with Crippen molar-refractivity contribution < 1.29 is 0 Å². The quantitative estimate of drug-likeness (QED) is 0.860. The third-order valence-corrected chi connectivity index (χ3v) is 3.16. The SMILES string of the molecule is CC(C)n1ccc(CNc2cccc(I)c2)n1. The van der Waals surface area contributed by atoms with Crippen molar-refractivity contribution in [2.45, 2.75) is 26.4 Å². The maximum absolute atomic E-state index is 4.50. The predicted molar refractivity (Wildman–Crippen MR) is 79.1 cm³/mol. The van der Waals surface area contributed by atoms with Crippen LogP contribution >= 0.6 is 22.6 Å². The van der Waals surface area contributed by atoms with E-state index in [2.05, 4.69) is 77.2 Å². The van der Waals surface area contributed by atoms with Gasteiger partial charge in [0, 0.05) is 21.5 Å². The number of nitrogens with one attached hydrogen (secondary N) is 1. The molecule has 0 atom stereocenters. The van der Waals surface area contributed by atoms with Gasteiger partial charge < -0.3 is 5.32 Å². The van der Waals surface area contributed by atoms with Gasteiger partial charge in [-0.25, -0.2) is 0 Å². The van der Waals surface area contributed by atoms with Crippen LogP contribution in [-0.4, -0.2) is 9.78 Å². The summed E-state index contributed by atoms with van der Waals surface area (Å²) in [5.41, 5.74) is 2.20. The third-order valence-electron chi connectivity index (χ3n) is 2.49. The Morgan fingerprint density at radius 2 is 2.18 bits per heavy atom. The highest BCUT2D eigenvalue weighted by Crippen LogP contribution is 2.13. The lowest BCUT2D eigenvalue weighted by Gasteiger charge is -2.06. The van der Waals surface area contributed by atoms with Gasteiger partial charge in [0.1, 0.15) is 0 Å². The summed E-state index contributed by atoms with van der Waals surface area (Å²) in [6, 6.07) is 10.8. The van der Waals surface area contributed by atoms with E-state index < -0.39 is 0 Å². The molecule has 0 bridgehead atoms. The first-order valence-electron chi connectivity index (χ1n) is 5.68. The van der Waals surface area contributed by atoms with Crippen molar-refractivity contribution in [2.75, 3.05) is 5.32 Å².